The average molecular weight is 233 g/mol. The number of nitrogens with one attached hydrogen (secondary N) is 2. The van der Waals surface area contributed by atoms with E-state index in [1.807, 2.05) is 16.9 Å². The molecule has 5 nitrogen and oxygen atoms in total. The number of rotatable bonds is 5. The zero-order valence-corrected chi connectivity index (χ0v) is 10.5. The summed E-state index contributed by atoms with van der Waals surface area (Å²) in [7, 11) is 0. The summed E-state index contributed by atoms with van der Waals surface area (Å²) in [6.45, 7) is 7.18. The molecule has 0 radical (unpaired) electrons. The first-order valence-electron chi connectivity index (χ1n) is 5.89. The third-order valence-corrected chi connectivity index (χ3v) is 3.04. The highest BCUT2D eigenvalue weighted by Crippen LogP contribution is 2.11. The molecule has 2 heterocycles. The largest absolute Gasteiger partial charge is 0.307 e. The van der Waals surface area contributed by atoms with Crippen LogP contribution in [-0.4, -0.2) is 26.0 Å². The van der Waals surface area contributed by atoms with Crippen LogP contribution in [-0.2, 0) is 6.54 Å². The zero-order valence-electron chi connectivity index (χ0n) is 10.5. The quantitative estimate of drug-likeness (QED) is 0.825. The maximum Gasteiger partial charge on any atom is 0.0641 e. The van der Waals surface area contributed by atoms with E-state index >= 15 is 0 Å². The molecule has 0 bridgehead atoms. The number of aryl methyl sites for hydroxylation is 1. The number of hydrogen-bond acceptors (Lipinski definition) is 3. The van der Waals surface area contributed by atoms with E-state index in [4.69, 9.17) is 0 Å². The van der Waals surface area contributed by atoms with Crippen molar-refractivity contribution in [2.45, 2.75) is 39.4 Å². The molecule has 92 valence electrons. The van der Waals surface area contributed by atoms with Crippen molar-refractivity contribution in [1.82, 2.24) is 25.3 Å². The topological polar surface area (TPSA) is 58.5 Å². The Morgan fingerprint density at radius 3 is 2.88 bits per heavy atom. The van der Waals surface area contributed by atoms with Gasteiger partial charge in [-0.15, -0.1) is 0 Å². The molecular formula is C12H19N5. The Morgan fingerprint density at radius 1 is 1.47 bits per heavy atom. The molecule has 5 heteroatoms. The minimum atomic E-state index is 0.326. The van der Waals surface area contributed by atoms with Gasteiger partial charge in [0.05, 0.1) is 12.2 Å². The van der Waals surface area contributed by atoms with E-state index in [0.29, 0.717) is 12.1 Å². The van der Waals surface area contributed by atoms with Crippen LogP contribution in [0, 0.1) is 6.92 Å². The van der Waals surface area contributed by atoms with Gasteiger partial charge in [-0.1, -0.05) is 0 Å². The van der Waals surface area contributed by atoms with Crippen molar-refractivity contribution in [3.8, 4) is 0 Å². The number of H-pyrrole nitrogens is 1. The predicted octanol–water partition coefficient (Wildman–Crippen LogP) is 1.65. The number of nitrogens with zero attached hydrogens (tertiary/aromatic N) is 3. The highest BCUT2D eigenvalue weighted by molar-refractivity contribution is 5.01. The van der Waals surface area contributed by atoms with Crippen molar-refractivity contribution in [3.05, 3.63) is 35.9 Å². The Labute approximate surface area is 101 Å². The SMILES string of the molecule is Cc1cnn([C@H](C)[C@@H](C)NCc2ccn[nH]2)c1. The van der Waals surface area contributed by atoms with Crippen molar-refractivity contribution in [2.24, 2.45) is 0 Å². The molecule has 0 unspecified atom stereocenters. The number of aromatic amines is 1. The van der Waals surface area contributed by atoms with Gasteiger partial charge < -0.3 is 5.32 Å². The van der Waals surface area contributed by atoms with Gasteiger partial charge in [0.15, 0.2) is 0 Å². The average Bonchev–Trinajstić information content (AvgIpc) is 2.95. The third-order valence-electron chi connectivity index (χ3n) is 3.04. The van der Waals surface area contributed by atoms with Crippen LogP contribution < -0.4 is 5.32 Å². The summed E-state index contributed by atoms with van der Waals surface area (Å²) < 4.78 is 2.00. The van der Waals surface area contributed by atoms with Gasteiger partial charge in [0.1, 0.15) is 0 Å². The Bertz CT molecular complexity index is 445. The van der Waals surface area contributed by atoms with E-state index in [0.717, 1.165) is 12.2 Å². The number of hydrogen-bond donors (Lipinski definition) is 2. The summed E-state index contributed by atoms with van der Waals surface area (Å²) in [5.74, 6) is 0. The Hall–Kier alpha value is -1.62. The lowest BCUT2D eigenvalue weighted by Gasteiger charge is -2.21. The van der Waals surface area contributed by atoms with Gasteiger partial charge >= 0.3 is 0 Å². The van der Waals surface area contributed by atoms with Gasteiger partial charge in [0, 0.05) is 30.7 Å². The molecule has 0 fully saturated rings. The molecule has 2 atom stereocenters. The highest BCUT2D eigenvalue weighted by atomic mass is 15.3. The molecule has 2 rings (SSSR count). The molecule has 0 saturated carbocycles. The van der Waals surface area contributed by atoms with Crippen LogP contribution >= 0.6 is 0 Å². The molecule has 0 aliphatic rings. The second-order valence-electron chi connectivity index (χ2n) is 4.49. The Kier molecular flexibility index (Phi) is 3.58. The van der Waals surface area contributed by atoms with Crippen molar-refractivity contribution in [2.75, 3.05) is 0 Å². The van der Waals surface area contributed by atoms with Gasteiger partial charge in [0.25, 0.3) is 0 Å². The van der Waals surface area contributed by atoms with E-state index in [1.54, 1.807) is 6.20 Å². The second kappa shape index (κ2) is 5.14. The standard InChI is InChI=1S/C12H19N5/c1-9-6-15-17(8-9)11(3)10(2)13-7-12-4-5-14-16-12/h4-6,8,10-11,13H,7H2,1-3H3,(H,14,16)/t10-,11-/m1/s1. The molecule has 2 aromatic heterocycles. The fourth-order valence-corrected chi connectivity index (χ4v) is 1.71. The van der Waals surface area contributed by atoms with Gasteiger partial charge in [0.2, 0.25) is 0 Å². The van der Waals surface area contributed by atoms with Crippen LogP contribution in [0.15, 0.2) is 24.7 Å². The maximum absolute atomic E-state index is 4.34. The van der Waals surface area contributed by atoms with E-state index in [1.165, 1.54) is 5.56 Å². The molecule has 0 saturated heterocycles. The van der Waals surface area contributed by atoms with Crippen molar-refractivity contribution in [1.29, 1.82) is 0 Å². The molecule has 2 N–H and O–H groups in total. The first kappa shape index (κ1) is 11.9. The van der Waals surface area contributed by atoms with Crippen LogP contribution in [0.1, 0.15) is 31.1 Å². The molecule has 0 aliphatic heterocycles. The van der Waals surface area contributed by atoms with Gasteiger partial charge in [-0.3, -0.25) is 9.78 Å². The van der Waals surface area contributed by atoms with E-state index < -0.39 is 0 Å². The van der Waals surface area contributed by atoms with E-state index in [-0.39, 0.29) is 0 Å². The van der Waals surface area contributed by atoms with Crippen molar-refractivity contribution in [3.63, 3.8) is 0 Å². The normalized spacial score (nSPS) is 14.8. The van der Waals surface area contributed by atoms with Gasteiger partial charge in [-0.05, 0) is 32.4 Å². The summed E-state index contributed by atoms with van der Waals surface area (Å²) in [6.07, 6.45) is 5.72. The lowest BCUT2D eigenvalue weighted by molar-refractivity contribution is 0.363. The monoisotopic (exact) mass is 233 g/mol. The minimum Gasteiger partial charge on any atom is -0.307 e. The maximum atomic E-state index is 4.34. The molecule has 0 aliphatic carbocycles. The molecule has 17 heavy (non-hydrogen) atoms. The van der Waals surface area contributed by atoms with Gasteiger partial charge in [-0.25, -0.2) is 0 Å². The minimum absolute atomic E-state index is 0.326. The van der Waals surface area contributed by atoms with Crippen LogP contribution in [0.4, 0.5) is 0 Å². The van der Waals surface area contributed by atoms with Crippen LogP contribution in [0.2, 0.25) is 0 Å². The molecule has 0 aromatic carbocycles. The first-order valence-corrected chi connectivity index (χ1v) is 5.89. The Morgan fingerprint density at radius 2 is 2.29 bits per heavy atom. The summed E-state index contributed by atoms with van der Waals surface area (Å²) in [5.41, 5.74) is 2.29. The molecule has 0 spiro atoms. The summed E-state index contributed by atoms with van der Waals surface area (Å²) in [6, 6.07) is 2.65. The van der Waals surface area contributed by atoms with Gasteiger partial charge in [-0.2, -0.15) is 10.2 Å². The lowest BCUT2D eigenvalue weighted by Crippen LogP contribution is -2.33. The summed E-state index contributed by atoms with van der Waals surface area (Å²) >= 11 is 0. The highest BCUT2D eigenvalue weighted by Gasteiger charge is 2.14. The predicted molar refractivity (Wildman–Crippen MR) is 66.6 cm³/mol. The van der Waals surface area contributed by atoms with Crippen LogP contribution in [0.25, 0.3) is 0 Å². The van der Waals surface area contributed by atoms with Crippen molar-refractivity contribution < 1.29 is 0 Å². The smallest absolute Gasteiger partial charge is 0.0641 e. The van der Waals surface area contributed by atoms with Crippen LogP contribution in [0.5, 0.6) is 0 Å². The lowest BCUT2D eigenvalue weighted by atomic mass is 10.1. The van der Waals surface area contributed by atoms with E-state index in [9.17, 15) is 0 Å². The fourth-order valence-electron chi connectivity index (χ4n) is 1.71. The van der Waals surface area contributed by atoms with Crippen molar-refractivity contribution >= 4 is 0 Å². The third kappa shape index (κ3) is 2.94. The fraction of sp³-hybridized carbons (Fsp3) is 0.500. The van der Waals surface area contributed by atoms with E-state index in [2.05, 4.69) is 47.6 Å². The number of aromatic nitrogens is 4. The molecule has 2 aromatic rings. The zero-order chi connectivity index (χ0) is 12.3. The molecule has 0 amide bonds. The summed E-state index contributed by atoms with van der Waals surface area (Å²) in [5, 5.41) is 14.7. The molecular weight excluding hydrogens is 214 g/mol. The summed E-state index contributed by atoms with van der Waals surface area (Å²) in [4.78, 5) is 0. The second-order valence-corrected chi connectivity index (χ2v) is 4.49. The van der Waals surface area contributed by atoms with Crippen LogP contribution in [0.3, 0.4) is 0 Å². The Balaban J connectivity index is 1.89. The first-order chi connectivity index (χ1) is 8.16.